The van der Waals surface area contributed by atoms with Crippen molar-refractivity contribution in [1.82, 2.24) is 0 Å². The number of esters is 1. The molecule has 2 rings (SSSR count). The Morgan fingerprint density at radius 3 is 3.20 bits per heavy atom. The highest BCUT2D eigenvalue weighted by Crippen LogP contribution is 2.24. The highest BCUT2D eigenvalue weighted by Gasteiger charge is 2.23. The second-order valence-electron chi connectivity index (χ2n) is 3.54. The normalized spacial score (nSPS) is 23.7. The van der Waals surface area contributed by atoms with Crippen molar-refractivity contribution in [2.24, 2.45) is 4.99 Å². The molecule has 0 saturated carbocycles. The molecule has 1 atom stereocenters. The molecule has 1 unspecified atom stereocenters. The van der Waals surface area contributed by atoms with Gasteiger partial charge in [-0.3, -0.25) is 4.99 Å². The van der Waals surface area contributed by atoms with Gasteiger partial charge in [-0.1, -0.05) is 18.2 Å². The maximum absolute atomic E-state index is 11.5. The largest absolute Gasteiger partial charge is 0.466 e. The minimum absolute atomic E-state index is 0.0672. The highest BCUT2D eigenvalue weighted by atomic mass is 16.5. The van der Waals surface area contributed by atoms with Crippen molar-refractivity contribution < 1.29 is 9.53 Å². The van der Waals surface area contributed by atoms with E-state index < -0.39 is 0 Å². The zero-order valence-electron chi connectivity index (χ0n) is 8.64. The van der Waals surface area contributed by atoms with Crippen molar-refractivity contribution in [3.63, 3.8) is 0 Å². The van der Waals surface area contributed by atoms with E-state index in [1.807, 2.05) is 18.4 Å². The number of nitrogens with zero attached hydrogens (tertiary/aromatic N) is 1. The van der Waals surface area contributed by atoms with Gasteiger partial charge in [0.1, 0.15) is 0 Å². The summed E-state index contributed by atoms with van der Waals surface area (Å²) in [7, 11) is 1.40. The number of hydrogen-bond acceptors (Lipinski definition) is 3. The molecule has 2 bridgehead atoms. The van der Waals surface area contributed by atoms with Gasteiger partial charge in [0.15, 0.2) is 0 Å². The molecule has 0 amide bonds. The molecule has 0 fully saturated rings. The summed E-state index contributed by atoms with van der Waals surface area (Å²) in [4.78, 5) is 15.8. The first-order valence-corrected chi connectivity index (χ1v) is 4.98. The van der Waals surface area contributed by atoms with Gasteiger partial charge in [0.05, 0.1) is 18.7 Å². The zero-order chi connectivity index (χ0) is 10.7. The lowest BCUT2D eigenvalue weighted by molar-refractivity contribution is -0.136. The Labute approximate surface area is 88.8 Å². The fraction of sp³-hybridized carbons (Fsp3) is 0.333. The zero-order valence-corrected chi connectivity index (χ0v) is 8.64. The van der Waals surface area contributed by atoms with Gasteiger partial charge in [-0.05, 0) is 18.1 Å². The molecule has 0 N–H and O–H groups in total. The number of hydrogen-bond donors (Lipinski definition) is 0. The molecule has 0 saturated heterocycles. The predicted octanol–water partition coefficient (Wildman–Crippen LogP) is 1.82. The van der Waals surface area contributed by atoms with Crippen molar-refractivity contribution in [3.05, 3.63) is 35.5 Å². The second-order valence-corrected chi connectivity index (χ2v) is 3.54. The molecule has 0 aromatic heterocycles. The summed E-state index contributed by atoms with van der Waals surface area (Å²) in [5.74, 6) is -0.281. The summed E-state index contributed by atoms with van der Waals surface area (Å²) in [6.45, 7) is 0. The number of fused-ring (bicyclic) bond motifs is 2. The maximum Gasteiger partial charge on any atom is 0.335 e. The molecule has 0 aromatic carbocycles. The summed E-state index contributed by atoms with van der Waals surface area (Å²) >= 11 is 0. The molecule has 15 heavy (non-hydrogen) atoms. The van der Waals surface area contributed by atoms with E-state index in [4.69, 9.17) is 4.74 Å². The third kappa shape index (κ3) is 2.06. The Kier molecular flexibility index (Phi) is 2.81. The van der Waals surface area contributed by atoms with Gasteiger partial charge < -0.3 is 4.74 Å². The van der Waals surface area contributed by atoms with Crippen LogP contribution in [0.15, 0.2) is 40.4 Å². The molecule has 0 radical (unpaired) electrons. The van der Waals surface area contributed by atoms with E-state index >= 15 is 0 Å². The lowest BCUT2D eigenvalue weighted by Gasteiger charge is -2.19. The SMILES string of the molecule is COC(=O)C1=CC=C2C=CCC=NC1C2. The monoisotopic (exact) mass is 203 g/mol. The molecule has 78 valence electrons. The predicted molar refractivity (Wildman–Crippen MR) is 58.8 cm³/mol. The standard InChI is InChI=1S/C12H13NO2/c1-15-12(14)10-6-5-9-4-2-3-7-13-11(10)8-9/h2,4-7,11H,3,8H2,1H3. The Bertz CT molecular complexity index is 388. The third-order valence-electron chi connectivity index (χ3n) is 2.54. The first kappa shape index (κ1) is 9.90. The van der Waals surface area contributed by atoms with Gasteiger partial charge in [0.25, 0.3) is 0 Å². The number of rotatable bonds is 1. The summed E-state index contributed by atoms with van der Waals surface area (Å²) in [6, 6.07) is -0.0672. The van der Waals surface area contributed by atoms with Crippen LogP contribution in [0.4, 0.5) is 0 Å². The minimum Gasteiger partial charge on any atom is -0.466 e. The maximum atomic E-state index is 11.5. The van der Waals surface area contributed by atoms with Crippen molar-refractivity contribution in [2.45, 2.75) is 18.9 Å². The van der Waals surface area contributed by atoms with Crippen LogP contribution >= 0.6 is 0 Å². The lowest BCUT2D eigenvalue weighted by atomic mass is 9.92. The molecule has 0 aromatic rings. The lowest BCUT2D eigenvalue weighted by Crippen LogP contribution is -2.21. The molecule has 2 aliphatic rings. The van der Waals surface area contributed by atoms with E-state index in [1.54, 1.807) is 0 Å². The third-order valence-corrected chi connectivity index (χ3v) is 2.54. The Hall–Kier alpha value is -1.64. The van der Waals surface area contributed by atoms with E-state index in [0.29, 0.717) is 5.57 Å². The number of carbonyl (C=O) groups excluding carboxylic acids is 1. The number of aliphatic imine (C=N–C) groups is 1. The molecule has 1 heterocycles. The summed E-state index contributed by atoms with van der Waals surface area (Å²) in [5.41, 5.74) is 1.86. The van der Waals surface area contributed by atoms with Crippen molar-refractivity contribution in [3.8, 4) is 0 Å². The molecule has 1 aliphatic carbocycles. The minimum atomic E-state index is -0.281. The van der Waals surface area contributed by atoms with Crippen molar-refractivity contribution >= 4 is 12.2 Å². The summed E-state index contributed by atoms with van der Waals surface area (Å²) in [6.07, 6.45) is 11.4. The van der Waals surface area contributed by atoms with E-state index in [-0.39, 0.29) is 12.0 Å². The Morgan fingerprint density at radius 2 is 2.40 bits per heavy atom. The Balaban J connectivity index is 2.33. The Morgan fingerprint density at radius 1 is 1.53 bits per heavy atom. The quantitative estimate of drug-likeness (QED) is 0.610. The number of allylic oxidation sites excluding steroid dienone is 4. The van der Waals surface area contributed by atoms with Crippen molar-refractivity contribution in [1.29, 1.82) is 0 Å². The van der Waals surface area contributed by atoms with Crippen LogP contribution in [0.2, 0.25) is 0 Å². The van der Waals surface area contributed by atoms with E-state index in [9.17, 15) is 4.79 Å². The molecule has 3 heteroatoms. The van der Waals surface area contributed by atoms with Crippen LogP contribution in [0.3, 0.4) is 0 Å². The van der Waals surface area contributed by atoms with Crippen LogP contribution in [-0.4, -0.2) is 25.3 Å². The summed E-state index contributed by atoms with van der Waals surface area (Å²) < 4.78 is 4.72. The van der Waals surface area contributed by atoms with Gasteiger partial charge in [-0.15, -0.1) is 0 Å². The van der Waals surface area contributed by atoms with Crippen LogP contribution in [0.25, 0.3) is 0 Å². The average molecular weight is 203 g/mol. The van der Waals surface area contributed by atoms with Gasteiger partial charge >= 0.3 is 5.97 Å². The van der Waals surface area contributed by atoms with Crippen LogP contribution in [0, 0.1) is 0 Å². The van der Waals surface area contributed by atoms with Crippen LogP contribution in [0.5, 0.6) is 0 Å². The van der Waals surface area contributed by atoms with Crippen LogP contribution in [-0.2, 0) is 9.53 Å². The fourth-order valence-electron chi connectivity index (χ4n) is 1.76. The average Bonchev–Trinajstić information content (AvgIpc) is 2.25. The topological polar surface area (TPSA) is 38.7 Å². The highest BCUT2D eigenvalue weighted by molar-refractivity contribution is 5.91. The number of ether oxygens (including phenoxy) is 1. The van der Waals surface area contributed by atoms with E-state index in [1.165, 1.54) is 12.7 Å². The van der Waals surface area contributed by atoms with Crippen LogP contribution in [0.1, 0.15) is 12.8 Å². The first-order valence-electron chi connectivity index (χ1n) is 4.98. The number of carbonyl (C=O) groups is 1. The summed E-state index contributed by atoms with van der Waals surface area (Å²) in [5, 5.41) is 0. The molecular formula is C12H13NO2. The van der Waals surface area contributed by atoms with Gasteiger partial charge in [0, 0.05) is 12.6 Å². The molecular weight excluding hydrogens is 190 g/mol. The van der Waals surface area contributed by atoms with Gasteiger partial charge in [-0.2, -0.15) is 0 Å². The number of methoxy groups -OCH3 is 1. The van der Waals surface area contributed by atoms with E-state index in [0.717, 1.165) is 12.8 Å². The van der Waals surface area contributed by atoms with Crippen molar-refractivity contribution in [2.75, 3.05) is 7.11 Å². The first-order chi connectivity index (χ1) is 7.31. The molecule has 0 spiro atoms. The van der Waals surface area contributed by atoms with E-state index in [2.05, 4.69) is 17.1 Å². The second kappa shape index (κ2) is 4.26. The van der Waals surface area contributed by atoms with Gasteiger partial charge in [0.2, 0.25) is 0 Å². The fourth-order valence-corrected chi connectivity index (χ4v) is 1.76. The molecule has 1 aliphatic heterocycles. The van der Waals surface area contributed by atoms with Crippen LogP contribution < -0.4 is 0 Å². The smallest absolute Gasteiger partial charge is 0.335 e. The van der Waals surface area contributed by atoms with Gasteiger partial charge in [-0.25, -0.2) is 4.79 Å². The molecule has 3 nitrogen and oxygen atoms in total.